The molecule has 0 aliphatic rings. The van der Waals surface area contributed by atoms with E-state index in [1.54, 1.807) is 6.92 Å². The highest BCUT2D eigenvalue weighted by Crippen LogP contribution is 2.34. The Hall–Kier alpha value is -1.80. The van der Waals surface area contributed by atoms with Crippen molar-refractivity contribution < 1.29 is 26.0 Å². The maximum Gasteiger partial charge on any atom is 0.416 e. The second-order valence-electron chi connectivity index (χ2n) is 4.73. The summed E-state index contributed by atoms with van der Waals surface area (Å²) in [4.78, 5) is -0.783. The summed E-state index contributed by atoms with van der Waals surface area (Å²) in [6.45, 7) is 1.61. The lowest BCUT2D eigenvalue weighted by molar-refractivity contribution is -0.137. The minimum atomic E-state index is -4.73. The zero-order chi connectivity index (χ0) is 17.4. The first-order valence-corrected chi connectivity index (χ1v) is 8.02. The number of nitrogens with one attached hydrogen (secondary N) is 1. The Morgan fingerprint density at radius 1 is 1.09 bits per heavy atom. The highest BCUT2D eigenvalue weighted by Gasteiger charge is 2.33. The molecule has 2 rings (SSSR count). The summed E-state index contributed by atoms with van der Waals surface area (Å²) in [5.41, 5.74) is -0.982. The van der Waals surface area contributed by atoms with Gasteiger partial charge in [0.2, 0.25) is 0 Å². The largest absolute Gasteiger partial charge is 0.416 e. The molecule has 9 heteroatoms. The molecule has 0 saturated carbocycles. The van der Waals surface area contributed by atoms with E-state index in [9.17, 15) is 26.0 Å². The van der Waals surface area contributed by atoms with E-state index in [-0.39, 0.29) is 5.69 Å². The van der Waals surface area contributed by atoms with Crippen molar-refractivity contribution in [1.82, 2.24) is 0 Å². The monoisotopic (exact) mass is 367 g/mol. The molecule has 0 aliphatic carbocycles. The maximum atomic E-state index is 13.6. The van der Waals surface area contributed by atoms with Crippen LogP contribution < -0.4 is 4.72 Å². The topological polar surface area (TPSA) is 46.2 Å². The van der Waals surface area contributed by atoms with E-state index in [1.807, 2.05) is 4.72 Å². The predicted octanol–water partition coefficient (Wildman–Crippen LogP) is 4.61. The summed E-state index contributed by atoms with van der Waals surface area (Å²) >= 11 is 5.69. The van der Waals surface area contributed by atoms with Crippen LogP contribution in [-0.2, 0) is 16.2 Å². The molecule has 0 unspecified atom stereocenters. The zero-order valence-corrected chi connectivity index (χ0v) is 13.2. The molecular weight excluding hydrogens is 358 g/mol. The molecule has 0 heterocycles. The van der Waals surface area contributed by atoms with E-state index in [0.717, 1.165) is 12.1 Å². The quantitative estimate of drug-likeness (QED) is 0.805. The Morgan fingerprint density at radius 2 is 1.74 bits per heavy atom. The van der Waals surface area contributed by atoms with Crippen molar-refractivity contribution >= 4 is 27.3 Å². The van der Waals surface area contributed by atoms with Gasteiger partial charge in [-0.3, -0.25) is 4.72 Å². The minimum Gasteiger partial charge on any atom is -0.277 e. The molecule has 124 valence electrons. The maximum absolute atomic E-state index is 13.6. The normalized spacial score (nSPS) is 12.3. The fourth-order valence-corrected chi connectivity index (χ4v) is 3.39. The van der Waals surface area contributed by atoms with Crippen LogP contribution in [0.15, 0.2) is 41.3 Å². The van der Waals surface area contributed by atoms with Crippen molar-refractivity contribution in [1.29, 1.82) is 0 Å². The van der Waals surface area contributed by atoms with Gasteiger partial charge in [0.1, 0.15) is 10.7 Å². The van der Waals surface area contributed by atoms with Gasteiger partial charge in [0, 0.05) is 0 Å². The van der Waals surface area contributed by atoms with Gasteiger partial charge >= 0.3 is 6.18 Å². The zero-order valence-electron chi connectivity index (χ0n) is 11.6. The van der Waals surface area contributed by atoms with E-state index in [0.29, 0.717) is 17.7 Å². The minimum absolute atomic E-state index is 0.376. The second-order valence-corrected chi connectivity index (χ2v) is 6.79. The van der Waals surface area contributed by atoms with Crippen LogP contribution in [0.25, 0.3) is 0 Å². The van der Waals surface area contributed by atoms with Crippen molar-refractivity contribution in [3.05, 3.63) is 58.4 Å². The molecule has 0 fully saturated rings. The predicted molar refractivity (Wildman–Crippen MR) is 78.4 cm³/mol. The second kappa shape index (κ2) is 6.01. The summed E-state index contributed by atoms with van der Waals surface area (Å²) in [7, 11) is -4.49. The van der Waals surface area contributed by atoms with Gasteiger partial charge in [-0.2, -0.15) is 13.2 Å². The summed E-state index contributed by atoms with van der Waals surface area (Å²) in [6, 6.07) is 5.57. The van der Waals surface area contributed by atoms with Crippen LogP contribution in [0.1, 0.15) is 11.1 Å². The van der Waals surface area contributed by atoms with Gasteiger partial charge in [-0.05, 0) is 42.8 Å². The van der Waals surface area contributed by atoms with Crippen molar-refractivity contribution in [2.75, 3.05) is 4.72 Å². The highest BCUT2D eigenvalue weighted by atomic mass is 35.5. The molecule has 0 bridgehead atoms. The number of hydrogen-bond donors (Lipinski definition) is 1. The van der Waals surface area contributed by atoms with Crippen LogP contribution in [0.3, 0.4) is 0 Å². The lowest BCUT2D eigenvalue weighted by Gasteiger charge is -2.13. The Labute approximate surface area is 134 Å². The van der Waals surface area contributed by atoms with E-state index in [4.69, 9.17) is 11.6 Å². The first-order chi connectivity index (χ1) is 10.5. The molecule has 0 amide bonds. The molecule has 2 aromatic carbocycles. The Morgan fingerprint density at radius 3 is 2.35 bits per heavy atom. The van der Waals surface area contributed by atoms with E-state index in [2.05, 4.69) is 0 Å². The number of hydrogen-bond acceptors (Lipinski definition) is 2. The third kappa shape index (κ3) is 3.94. The van der Waals surface area contributed by atoms with Gasteiger partial charge < -0.3 is 0 Å². The van der Waals surface area contributed by atoms with Crippen LogP contribution >= 0.6 is 11.6 Å². The first kappa shape index (κ1) is 17.6. The van der Waals surface area contributed by atoms with Gasteiger partial charge in [-0.1, -0.05) is 17.7 Å². The average Bonchev–Trinajstić information content (AvgIpc) is 2.41. The van der Waals surface area contributed by atoms with Crippen molar-refractivity contribution in [2.45, 2.75) is 18.0 Å². The molecule has 0 atom stereocenters. The van der Waals surface area contributed by atoms with Crippen molar-refractivity contribution in [3.63, 3.8) is 0 Å². The molecule has 23 heavy (non-hydrogen) atoms. The summed E-state index contributed by atoms with van der Waals surface area (Å²) < 4.78 is 78.2. The number of benzene rings is 2. The number of sulfonamides is 1. The number of aryl methyl sites for hydroxylation is 1. The summed E-state index contributed by atoms with van der Waals surface area (Å²) in [5.74, 6) is -0.859. The van der Waals surface area contributed by atoms with Gasteiger partial charge in [0.15, 0.2) is 0 Å². The number of rotatable bonds is 3. The Bertz CT molecular complexity index is 850. The number of alkyl halides is 3. The Kier molecular flexibility index (Phi) is 4.59. The molecule has 0 aromatic heterocycles. The molecule has 0 aliphatic heterocycles. The fraction of sp³-hybridized carbons (Fsp3) is 0.143. The molecule has 0 saturated heterocycles. The molecule has 1 N–H and O–H groups in total. The molecular formula is C14H10ClF4NO2S. The summed E-state index contributed by atoms with van der Waals surface area (Å²) in [5, 5.41) is -0.404. The van der Waals surface area contributed by atoms with Gasteiger partial charge in [-0.15, -0.1) is 0 Å². The highest BCUT2D eigenvalue weighted by molar-refractivity contribution is 7.92. The third-order valence-electron chi connectivity index (χ3n) is 2.91. The van der Waals surface area contributed by atoms with Crippen LogP contribution in [0.2, 0.25) is 5.02 Å². The SMILES string of the molecule is Cc1ccc(F)c(NS(=O)(=O)c2cc(C(F)(F)F)ccc2Cl)c1. The van der Waals surface area contributed by atoms with Crippen LogP contribution in [0, 0.1) is 12.7 Å². The van der Waals surface area contributed by atoms with E-state index < -0.39 is 37.5 Å². The third-order valence-corrected chi connectivity index (χ3v) is 4.76. The average molecular weight is 368 g/mol. The van der Waals surface area contributed by atoms with Crippen LogP contribution in [0.4, 0.5) is 23.2 Å². The molecule has 3 nitrogen and oxygen atoms in total. The standard InChI is InChI=1S/C14H10ClF4NO2S/c1-8-2-5-11(16)12(6-8)20-23(21,22)13-7-9(14(17,18)19)3-4-10(13)15/h2-7,20H,1H3. The molecule has 0 spiro atoms. The van der Waals surface area contributed by atoms with Crippen molar-refractivity contribution in [2.24, 2.45) is 0 Å². The Balaban J connectivity index is 2.50. The van der Waals surface area contributed by atoms with Crippen LogP contribution in [-0.4, -0.2) is 8.42 Å². The van der Waals surface area contributed by atoms with Gasteiger partial charge in [0.25, 0.3) is 10.0 Å². The first-order valence-electron chi connectivity index (χ1n) is 6.16. The molecule has 0 radical (unpaired) electrons. The molecule has 2 aromatic rings. The lowest BCUT2D eigenvalue weighted by atomic mass is 10.2. The van der Waals surface area contributed by atoms with Gasteiger partial charge in [0.05, 0.1) is 16.3 Å². The number of halogens is 5. The van der Waals surface area contributed by atoms with Gasteiger partial charge in [-0.25, -0.2) is 12.8 Å². The number of anilines is 1. The van der Waals surface area contributed by atoms with Crippen LogP contribution in [0.5, 0.6) is 0 Å². The fourth-order valence-electron chi connectivity index (χ4n) is 1.80. The van der Waals surface area contributed by atoms with Crippen molar-refractivity contribution in [3.8, 4) is 0 Å². The van der Waals surface area contributed by atoms with E-state index >= 15 is 0 Å². The van der Waals surface area contributed by atoms with E-state index in [1.165, 1.54) is 12.1 Å². The summed E-state index contributed by atoms with van der Waals surface area (Å²) in [6.07, 6.45) is -4.73. The smallest absolute Gasteiger partial charge is 0.277 e. The lowest BCUT2D eigenvalue weighted by Crippen LogP contribution is -2.16.